The van der Waals surface area contributed by atoms with Crippen LogP contribution in [-0.4, -0.2) is 82.6 Å². The van der Waals surface area contributed by atoms with Crippen LogP contribution in [0.1, 0.15) is 116 Å². The zero-order valence-electron chi connectivity index (χ0n) is 21.7. The van der Waals surface area contributed by atoms with Crippen molar-refractivity contribution in [3.8, 4) is 0 Å². The first-order valence-corrected chi connectivity index (χ1v) is 14.0. The summed E-state index contributed by atoms with van der Waals surface area (Å²) in [6, 6.07) is 0. The normalized spacial score (nSPS) is 25.7. The predicted octanol–water partition coefficient (Wildman–Crippen LogP) is 4.41. The Labute approximate surface area is 203 Å². The van der Waals surface area contributed by atoms with Crippen LogP contribution in [-0.2, 0) is 4.74 Å². The largest absolute Gasteiger partial charge is 0.394 e. The molecule has 1 saturated heterocycles. The summed E-state index contributed by atoms with van der Waals surface area (Å²) in [5, 5.41) is 39.1. The van der Waals surface area contributed by atoms with Crippen LogP contribution in [0.5, 0.6) is 0 Å². The lowest BCUT2D eigenvalue weighted by Crippen LogP contribution is -2.58. The van der Waals surface area contributed by atoms with E-state index >= 15 is 0 Å². The molecule has 1 unspecified atom stereocenters. The molecule has 0 bridgehead atoms. The van der Waals surface area contributed by atoms with Crippen molar-refractivity contribution in [2.45, 2.75) is 147 Å². The summed E-state index contributed by atoms with van der Waals surface area (Å²) >= 11 is 0. The van der Waals surface area contributed by atoms with Crippen LogP contribution in [0.15, 0.2) is 0 Å². The molecule has 6 nitrogen and oxygen atoms in total. The molecule has 0 amide bonds. The van der Waals surface area contributed by atoms with Gasteiger partial charge in [0.15, 0.2) is 0 Å². The van der Waals surface area contributed by atoms with Gasteiger partial charge in [0.2, 0.25) is 0 Å². The number of rotatable bonds is 21. The van der Waals surface area contributed by atoms with Crippen LogP contribution in [0.2, 0.25) is 0 Å². The van der Waals surface area contributed by atoms with Crippen molar-refractivity contribution >= 4 is 0 Å². The van der Waals surface area contributed by atoms with Crippen molar-refractivity contribution in [1.29, 1.82) is 0 Å². The van der Waals surface area contributed by atoms with Crippen LogP contribution >= 0.6 is 0 Å². The van der Waals surface area contributed by atoms with E-state index in [9.17, 15) is 20.4 Å². The highest BCUT2D eigenvalue weighted by molar-refractivity contribution is 4.91. The van der Waals surface area contributed by atoms with Crippen molar-refractivity contribution in [2.75, 3.05) is 26.7 Å². The highest BCUT2D eigenvalue weighted by Crippen LogP contribution is 2.24. The molecular weight excluding hydrogens is 418 g/mol. The van der Waals surface area contributed by atoms with Crippen LogP contribution in [0, 0.1) is 0 Å². The molecule has 0 aromatic rings. The molecule has 1 heterocycles. The number of aliphatic hydroxyl groups is 4. The summed E-state index contributed by atoms with van der Waals surface area (Å²) in [7, 11) is 2.16. The third-order valence-electron chi connectivity index (χ3n) is 7.16. The average molecular weight is 474 g/mol. The molecule has 4 N–H and O–H groups in total. The van der Waals surface area contributed by atoms with Gasteiger partial charge in [-0.25, -0.2) is 0 Å². The second-order valence-electron chi connectivity index (χ2n) is 10.3. The molecule has 33 heavy (non-hydrogen) atoms. The lowest BCUT2D eigenvalue weighted by Gasteiger charge is -2.40. The molecule has 0 aromatic carbocycles. The first kappa shape index (κ1) is 30.8. The Kier molecular flexibility index (Phi) is 18.7. The van der Waals surface area contributed by atoms with Crippen molar-refractivity contribution in [3.05, 3.63) is 0 Å². The van der Waals surface area contributed by atoms with Gasteiger partial charge in [-0.15, -0.1) is 0 Å². The lowest BCUT2D eigenvalue weighted by atomic mass is 9.92. The molecule has 0 aliphatic carbocycles. The third-order valence-corrected chi connectivity index (χ3v) is 7.16. The first-order chi connectivity index (χ1) is 16.0. The van der Waals surface area contributed by atoms with Gasteiger partial charge >= 0.3 is 0 Å². The van der Waals surface area contributed by atoms with Crippen LogP contribution in [0.3, 0.4) is 0 Å². The van der Waals surface area contributed by atoms with Gasteiger partial charge in [-0.3, -0.25) is 0 Å². The summed E-state index contributed by atoms with van der Waals surface area (Å²) in [5.74, 6) is 0. The van der Waals surface area contributed by atoms with Gasteiger partial charge in [0.25, 0.3) is 0 Å². The highest BCUT2D eigenvalue weighted by atomic mass is 16.5. The Bertz CT molecular complexity index is 437. The fourth-order valence-electron chi connectivity index (χ4n) is 4.83. The maximum absolute atomic E-state index is 10.1. The van der Waals surface area contributed by atoms with Crippen LogP contribution in [0.25, 0.3) is 0 Å². The van der Waals surface area contributed by atoms with E-state index in [2.05, 4.69) is 18.9 Å². The molecule has 0 radical (unpaired) electrons. The Morgan fingerprint density at radius 3 is 1.48 bits per heavy atom. The molecule has 5 atom stereocenters. The molecule has 0 spiro atoms. The molecule has 6 heteroatoms. The summed E-state index contributed by atoms with van der Waals surface area (Å²) in [6.45, 7) is 4.05. The fourth-order valence-corrected chi connectivity index (χ4v) is 4.83. The number of unbranched alkanes of at least 4 members (excludes halogenated alkanes) is 14. The second-order valence-corrected chi connectivity index (χ2v) is 10.3. The van der Waals surface area contributed by atoms with E-state index in [4.69, 9.17) is 4.74 Å². The number of hydrogen-bond donors (Lipinski definition) is 4. The molecule has 1 rings (SSSR count). The lowest BCUT2D eigenvalue weighted by molar-refractivity contribution is -0.230. The molecule has 198 valence electrons. The van der Waals surface area contributed by atoms with E-state index in [1.165, 1.54) is 89.9 Å². The SMILES string of the molecule is CCCCCCCCCCCCCCCCN(C)CCCCC1O[C@H](CO)[C@@H](O)[C@H](O)[C@H]1O. The molecule has 1 aliphatic heterocycles. The minimum absolute atomic E-state index is 0.358. The van der Waals surface area contributed by atoms with Crippen molar-refractivity contribution in [1.82, 2.24) is 4.90 Å². The Morgan fingerprint density at radius 2 is 1.00 bits per heavy atom. The smallest absolute Gasteiger partial charge is 0.111 e. The van der Waals surface area contributed by atoms with E-state index < -0.39 is 30.5 Å². The molecular formula is C27H55NO5. The van der Waals surface area contributed by atoms with E-state index in [1.54, 1.807) is 0 Å². The van der Waals surface area contributed by atoms with Crippen molar-refractivity contribution < 1.29 is 25.2 Å². The highest BCUT2D eigenvalue weighted by Gasteiger charge is 2.42. The van der Waals surface area contributed by atoms with E-state index in [0.717, 1.165) is 25.9 Å². The molecule has 0 aromatic heterocycles. The van der Waals surface area contributed by atoms with Gasteiger partial charge in [0.1, 0.15) is 24.4 Å². The topological polar surface area (TPSA) is 93.4 Å². The Hall–Kier alpha value is -0.240. The van der Waals surface area contributed by atoms with Gasteiger partial charge < -0.3 is 30.1 Å². The summed E-state index contributed by atoms with van der Waals surface area (Å²) in [6.07, 6.45) is 16.9. The molecule has 0 saturated carbocycles. The minimum atomic E-state index is -1.26. The van der Waals surface area contributed by atoms with Crippen molar-refractivity contribution in [2.24, 2.45) is 0 Å². The van der Waals surface area contributed by atoms with Crippen molar-refractivity contribution in [3.63, 3.8) is 0 Å². The number of nitrogens with zero attached hydrogens (tertiary/aromatic N) is 1. The quantitative estimate of drug-likeness (QED) is 0.185. The van der Waals surface area contributed by atoms with Crippen LogP contribution in [0.4, 0.5) is 0 Å². The van der Waals surface area contributed by atoms with E-state index in [0.29, 0.717) is 6.42 Å². The average Bonchev–Trinajstić information content (AvgIpc) is 2.81. The van der Waals surface area contributed by atoms with Gasteiger partial charge in [-0.1, -0.05) is 90.4 Å². The number of hydrogen-bond acceptors (Lipinski definition) is 6. The van der Waals surface area contributed by atoms with Gasteiger partial charge in [-0.05, 0) is 45.8 Å². The number of aliphatic hydroxyl groups excluding tert-OH is 4. The summed E-state index contributed by atoms with van der Waals surface area (Å²) in [4.78, 5) is 2.37. The van der Waals surface area contributed by atoms with E-state index in [-0.39, 0.29) is 6.61 Å². The van der Waals surface area contributed by atoms with Gasteiger partial charge in [0.05, 0.1) is 12.7 Å². The molecule has 1 fully saturated rings. The standard InChI is InChI=1S/C27H55NO5/c1-3-4-5-6-7-8-9-10-11-12-13-14-15-17-20-28(2)21-18-16-19-23-25(30)27(32)26(31)24(22-29)33-23/h23-27,29-32H,3-22H2,1-2H3/t23?,24-,25+,26-,27-/m1/s1. The monoisotopic (exact) mass is 473 g/mol. The predicted molar refractivity (Wildman–Crippen MR) is 135 cm³/mol. The maximum Gasteiger partial charge on any atom is 0.111 e. The van der Waals surface area contributed by atoms with E-state index in [1.807, 2.05) is 0 Å². The first-order valence-electron chi connectivity index (χ1n) is 14.0. The zero-order valence-corrected chi connectivity index (χ0v) is 21.7. The Balaban J connectivity index is 1.90. The third kappa shape index (κ3) is 14.0. The molecule has 1 aliphatic rings. The van der Waals surface area contributed by atoms with Gasteiger partial charge in [-0.2, -0.15) is 0 Å². The Morgan fingerprint density at radius 1 is 0.576 bits per heavy atom. The van der Waals surface area contributed by atoms with Crippen LogP contribution < -0.4 is 0 Å². The summed E-state index contributed by atoms with van der Waals surface area (Å²) in [5.41, 5.74) is 0. The second kappa shape index (κ2) is 20.0. The zero-order chi connectivity index (χ0) is 24.3. The minimum Gasteiger partial charge on any atom is -0.394 e. The number of ether oxygens (including phenoxy) is 1. The summed E-state index contributed by atoms with van der Waals surface area (Å²) < 4.78 is 5.57. The van der Waals surface area contributed by atoms with Gasteiger partial charge in [0, 0.05) is 0 Å². The maximum atomic E-state index is 10.1. The fraction of sp³-hybridized carbons (Fsp3) is 1.00.